The van der Waals surface area contributed by atoms with E-state index in [4.69, 9.17) is 11.6 Å². The molecule has 5 nitrogen and oxygen atoms in total. The molecule has 0 aliphatic carbocycles. The number of hydrogen-bond acceptors (Lipinski definition) is 3. The van der Waals surface area contributed by atoms with Gasteiger partial charge < -0.3 is 10.4 Å². The number of fused-ring (bicyclic) bond motifs is 1. The van der Waals surface area contributed by atoms with Gasteiger partial charge in [-0.05, 0) is 35.9 Å². The minimum Gasteiger partial charge on any atom is -0.508 e. The highest BCUT2D eigenvalue weighted by Gasteiger charge is 2.31. The molecule has 1 atom stereocenters. The first-order valence-corrected chi connectivity index (χ1v) is 8.02. The van der Waals surface area contributed by atoms with Gasteiger partial charge >= 0.3 is 0 Å². The zero-order valence-corrected chi connectivity index (χ0v) is 13.7. The van der Waals surface area contributed by atoms with Crippen LogP contribution in [0.2, 0.25) is 5.02 Å². The summed E-state index contributed by atoms with van der Waals surface area (Å²) in [6, 6.07) is 11.1. The van der Waals surface area contributed by atoms with Gasteiger partial charge in [-0.15, -0.1) is 0 Å². The summed E-state index contributed by atoms with van der Waals surface area (Å²) >= 11 is 5.86. The lowest BCUT2D eigenvalue weighted by atomic mass is 9.90. The maximum atomic E-state index is 13.4. The van der Waals surface area contributed by atoms with Gasteiger partial charge in [0.25, 0.3) is 0 Å². The first-order valence-electron chi connectivity index (χ1n) is 7.64. The topological polar surface area (TPSA) is 67.1 Å². The van der Waals surface area contributed by atoms with Gasteiger partial charge in [0.05, 0.1) is 16.4 Å². The summed E-state index contributed by atoms with van der Waals surface area (Å²) in [7, 11) is 0. The Hall–Kier alpha value is -2.86. The molecule has 2 heterocycles. The van der Waals surface area contributed by atoms with Crippen molar-refractivity contribution in [3.63, 3.8) is 0 Å². The van der Waals surface area contributed by atoms with Crippen molar-refractivity contribution in [1.82, 2.24) is 9.55 Å². The number of anilines is 1. The molecule has 4 rings (SSSR count). The van der Waals surface area contributed by atoms with E-state index in [2.05, 4.69) is 10.3 Å². The van der Waals surface area contributed by atoms with Gasteiger partial charge in [0.2, 0.25) is 5.91 Å². The minimum absolute atomic E-state index is 0.00776. The predicted octanol–water partition coefficient (Wildman–Crippen LogP) is 3.84. The number of halogens is 2. The molecule has 126 valence electrons. The zero-order valence-electron chi connectivity index (χ0n) is 12.9. The Labute approximate surface area is 147 Å². The molecule has 3 aromatic rings. The molecule has 1 unspecified atom stereocenters. The highest BCUT2D eigenvalue weighted by atomic mass is 35.5. The van der Waals surface area contributed by atoms with Gasteiger partial charge in [-0.1, -0.05) is 23.7 Å². The molecular weight excluding hydrogens is 345 g/mol. The van der Waals surface area contributed by atoms with Crippen LogP contribution >= 0.6 is 11.6 Å². The summed E-state index contributed by atoms with van der Waals surface area (Å²) in [4.78, 5) is 16.6. The number of aromatic nitrogens is 2. The molecule has 1 aliphatic rings. The monoisotopic (exact) mass is 357 g/mol. The Bertz CT molecular complexity index is 986. The molecule has 0 bridgehead atoms. The van der Waals surface area contributed by atoms with Gasteiger partial charge in [0.15, 0.2) is 0 Å². The van der Waals surface area contributed by atoms with Crippen LogP contribution < -0.4 is 5.32 Å². The molecule has 7 heteroatoms. The van der Waals surface area contributed by atoms with E-state index in [9.17, 15) is 14.3 Å². The highest BCUT2D eigenvalue weighted by molar-refractivity contribution is 6.30. The fraction of sp³-hybridized carbons (Fsp3) is 0.111. The van der Waals surface area contributed by atoms with Crippen LogP contribution in [0.25, 0.3) is 5.69 Å². The molecule has 1 amide bonds. The second-order valence-electron chi connectivity index (χ2n) is 5.85. The van der Waals surface area contributed by atoms with Crippen LogP contribution in [-0.4, -0.2) is 20.6 Å². The Kier molecular flexibility index (Phi) is 3.69. The lowest BCUT2D eigenvalue weighted by Gasteiger charge is -2.23. The third-order valence-electron chi connectivity index (χ3n) is 4.23. The Morgan fingerprint density at radius 3 is 2.88 bits per heavy atom. The third kappa shape index (κ3) is 2.74. The van der Waals surface area contributed by atoms with Crippen LogP contribution in [0.5, 0.6) is 5.75 Å². The number of hydrogen-bond donors (Lipinski definition) is 2. The maximum absolute atomic E-state index is 13.4. The lowest BCUT2D eigenvalue weighted by Crippen LogP contribution is -2.24. The molecule has 0 saturated heterocycles. The van der Waals surface area contributed by atoms with E-state index in [0.29, 0.717) is 17.2 Å². The van der Waals surface area contributed by atoms with Gasteiger partial charge in [0.1, 0.15) is 23.7 Å². The first-order chi connectivity index (χ1) is 12.0. The molecule has 1 aromatic heterocycles. The first kappa shape index (κ1) is 15.7. The van der Waals surface area contributed by atoms with Crippen molar-refractivity contribution in [3.05, 3.63) is 70.9 Å². The number of aromatic hydroxyl groups is 1. The Balaban J connectivity index is 1.82. The number of imidazole rings is 1. The summed E-state index contributed by atoms with van der Waals surface area (Å²) in [5.74, 6) is -0.285. The molecule has 25 heavy (non-hydrogen) atoms. The largest absolute Gasteiger partial charge is 0.508 e. The quantitative estimate of drug-likeness (QED) is 0.732. The van der Waals surface area contributed by atoms with Crippen molar-refractivity contribution in [1.29, 1.82) is 0 Å². The van der Waals surface area contributed by atoms with Crippen LogP contribution in [-0.2, 0) is 4.79 Å². The third-order valence-corrected chi connectivity index (χ3v) is 4.52. The SMILES string of the molecule is O=C1CC(c2cccc(O)c2)c2ncn(-c3ccc(F)c(Cl)c3)c2N1. The number of carbonyl (C=O) groups is 1. The van der Waals surface area contributed by atoms with Crippen molar-refractivity contribution < 1.29 is 14.3 Å². The molecule has 2 N–H and O–H groups in total. The van der Waals surface area contributed by atoms with E-state index in [-0.39, 0.29) is 29.0 Å². The minimum atomic E-state index is -0.513. The zero-order chi connectivity index (χ0) is 17.6. The lowest BCUT2D eigenvalue weighted by molar-refractivity contribution is -0.116. The van der Waals surface area contributed by atoms with E-state index in [1.54, 1.807) is 35.2 Å². The predicted molar refractivity (Wildman–Crippen MR) is 91.7 cm³/mol. The normalized spacial score (nSPS) is 16.4. The maximum Gasteiger partial charge on any atom is 0.226 e. The summed E-state index contributed by atoms with van der Waals surface area (Å²) < 4.78 is 15.1. The number of benzene rings is 2. The van der Waals surface area contributed by atoms with E-state index in [1.807, 2.05) is 6.07 Å². The van der Waals surface area contributed by atoms with Crippen molar-refractivity contribution in [3.8, 4) is 11.4 Å². The van der Waals surface area contributed by atoms with Gasteiger partial charge in [-0.25, -0.2) is 9.37 Å². The van der Waals surface area contributed by atoms with Gasteiger partial charge in [0, 0.05) is 12.3 Å². The number of carbonyl (C=O) groups excluding carboxylic acids is 1. The molecule has 1 aliphatic heterocycles. The number of rotatable bonds is 2. The summed E-state index contributed by atoms with van der Waals surface area (Å²) in [5.41, 5.74) is 2.08. The molecule has 0 radical (unpaired) electrons. The second-order valence-corrected chi connectivity index (χ2v) is 6.25. The average Bonchev–Trinajstić information content (AvgIpc) is 3.00. The number of amides is 1. The number of phenols is 1. The fourth-order valence-electron chi connectivity index (χ4n) is 3.05. The van der Waals surface area contributed by atoms with Crippen LogP contribution in [0.3, 0.4) is 0 Å². The van der Waals surface area contributed by atoms with Crippen LogP contribution in [0.1, 0.15) is 23.6 Å². The smallest absolute Gasteiger partial charge is 0.226 e. The summed E-state index contributed by atoms with van der Waals surface area (Å²) in [5, 5.41) is 12.5. The van der Waals surface area contributed by atoms with Crippen molar-refractivity contribution >= 4 is 23.3 Å². The van der Waals surface area contributed by atoms with Crippen molar-refractivity contribution in [2.24, 2.45) is 0 Å². The van der Waals surface area contributed by atoms with Crippen LogP contribution in [0.4, 0.5) is 10.2 Å². The second kappa shape index (κ2) is 5.89. The van der Waals surface area contributed by atoms with Crippen LogP contribution in [0, 0.1) is 5.82 Å². The van der Waals surface area contributed by atoms with Gasteiger partial charge in [-0.2, -0.15) is 0 Å². The standard InChI is InChI=1S/C18H13ClFN3O2/c19-14-7-11(4-5-15(14)20)23-9-21-17-13(8-16(25)22-18(17)23)10-2-1-3-12(24)6-10/h1-7,9,13,24H,8H2,(H,22,25). The molecule has 0 saturated carbocycles. The van der Waals surface area contributed by atoms with Crippen LogP contribution in [0.15, 0.2) is 48.8 Å². The van der Waals surface area contributed by atoms with E-state index >= 15 is 0 Å². The Morgan fingerprint density at radius 1 is 1.28 bits per heavy atom. The highest BCUT2D eigenvalue weighted by Crippen LogP contribution is 2.38. The van der Waals surface area contributed by atoms with E-state index < -0.39 is 5.82 Å². The average molecular weight is 358 g/mol. The van der Waals surface area contributed by atoms with E-state index in [0.717, 1.165) is 5.56 Å². The molecule has 2 aromatic carbocycles. The summed E-state index contributed by atoms with van der Waals surface area (Å²) in [6.45, 7) is 0. The van der Waals surface area contributed by atoms with Crippen molar-refractivity contribution in [2.75, 3.05) is 5.32 Å². The molecular formula is C18H13ClFN3O2. The molecule has 0 fully saturated rings. The fourth-order valence-corrected chi connectivity index (χ4v) is 3.23. The summed E-state index contributed by atoms with van der Waals surface area (Å²) in [6.07, 6.45) is 1.80. The number of phenolic OH excluding ortho intramolecular Hbond substituents is 1. The van der Waals surface area contributed by atoms with Gasteiger partial charge in [-0.3, -0.25) is 9.36 Å². The Morgan fingerprint density at radius 2 is 2.12 bits per heavy atom. The number of nitrogens with one attached hydrogen (secondary N) is 1. The van der Waals surface area contributed by atoms with E-state index in [1.165, 1.54) is 12.1 Å². The van der Waals surface area contributed by atoms with Crippen molar-refractivity contribution in [2.45, 2.75) is 12.3 Å². The number of nitrogens with zero attached hydrogens (tertiary/aromatic N) is 2. The molecule has 0 spiro atoms.